The van der Waals surface area contributed by atoms with E-state index in [1.54, 1.807) is 0 Å². The minimum atomic E-state index is 0.0439. The Labute approximate surface area is 101 Å². The molecule has 0 saturated carbocycles. The minimum absolute atomic E-state index is 0.0439. The molecule has 0 aliphatic heterocycles. The van der Waals surface area contributed by atoms with Crippen molar-refractivity contribution in [3.63, 3.8) is 0 Å². The maximum atomic E-state index is 6.08. The Bertz CT molecular complexity index is 301. The first-order valence-electron chi connectivity index (χ1n) is 5.19. The lowest BCUT2D eigenvalue weighted by Crippen LogP contribution is -2.14. The Balaban J connectivity index is 2.47. The van der Waals surface area contributed by atoms with Crippen molar-refractivity contribution in [2.24, 2.45) is 11.7 Å². The molecule has 1 aromatic rings. The minimum Gasteiger partial charge on any atom is -0.323 e. The number of thioether (sulfide) groups is 1. The molecule has 0 aliphatic carbocycles. The van der Waals surface area contributed by atoms with E-state index in [1.165, 1.54) is 0 Å². The maximum absolute atomic E-state index is 6.08. The van der Waals surface area contributed by atoms with Gasteiger partial charge in [0, 0.05) is 16.8 Å². The van der Waals surface area contributed by atoms with Crippen molar-refractivity contribution in [2.45, 2.75) is 19.9 Å². The van der Waals surface area contributed by atoms with Gasteiger partial charge in [-0.2, -0.15) is 11.8 Å². The van der Waals surface area contributed by atoms with Crippen molar-refractivity contribution in [3.8, 4) is 0 Å². The molecule has 0 spiro atoms. The van der Waals surface area contributed by atoms with Gasteiger partial charge in [-0.25, -0.2) is 0 Å². The standard InChI is InChI=1S/C12H18ClNS/c1-9(2)7-15-8-12(14)10-5-3-4-6-11(10)13/h3-6,9,12H,7-8,14H2,1-2H3. The normalized spacial score (nSPS) is 13.1. The van der Waals surface area contributed by atoms with Crippen molar-refractivity contribution in [1.82, 2.24) is 0 Å². The van der Waals surface area contributed by atoms with E-state index < -0.39 is 0 Å². The molecule has 0 amide bonds. The van der Waals surface area contributed by atoms with Crippen molar-refractivity contribution in [1.29, 1.82) is 0 Å². The van der Waals surface area contributed by atoms with Crippen LogP contribution in [0.4, 0.5) is 0 Å². The Kier molecular flexibility index (Phi) is 5.51. The first-order chi connectivity index (χ1) is 7.11. The molecule has 0 aliphatic rings. The lowest BCUT2D eigenvalue weighted by molar-refractivity contribution is 0.746. The van der Waals surface area contributed by atoms with Crippen LogP contribution in [0.1, 0.15) is 25.5 Å². The third kappa shape index (κ3) is 4.45. The van der Waals surface area contributed by atoms with E-state index in [4.69, 9.17) is 17.3 Å². The number of hydrogen-bond acceptors (Lipinski definition) is 2. The first kappa shape index (κ1) is 12.9. The smallest absolute Gasteiger partial charge is 0.0454 e. The highest BCUT2D eigenvalue weighted by Gasteiger charge is 2.09. The fourth-order valence-corrected chi connectivity index (χ4v) is 2.61. The third-order valence-electron chi connectivity index (χ3n) is 2.05. The van der Waals surface area contributed by atoms with Gasteiger partial charge in [0.25, 0.3) is 0 Å². The second-order valence-electron chi connectivity index (χ2n) is 4.06. The molecule has 0 radical (unpaired) electrons. The molecule has 0 fully saturated rings. The summed E-state index contributed by atoms with van der Waals surface area (Å²) in [5.74, 6) is 2.80. The second kappa shape index (κ2) is 6.41. The van der Waals surface area contributed by atoms with Gasteiger partial charge in [-0.1, -0.05) is 43.6 Å². The zero-order valence-electron chi connectivity index (χ0n) is 9.24. The van der Waals surface area contributed by atoms with Crippen LogP contribution in [0.25, 0.3) is 0 Å². The number of benzene rings is 1. The highest BCUT2D eigenvalue weighted by Crippen LogP contribution is 2.24. The predicted molar refractivity (Wildman–Crippen MR) is 70.5 cm³/mol. The summed E-state index contributed by atoms with van der Waals surface area (Å²) in [6, 6.07) is 7.85. The summed E-state index contributed by atoms with van der Waals surface area (Å²) in [7, 11) is 0. The molecular formula is C12H18ClNS. The molecule has 1 atom stereocenters. The van der Waals surface area contributed by atoms with Crippen molar-refractivity contribution in [2.75, 3.05) is 11.5 Å². The molecule has 1 rings (SSSR count). The van der Waals surface area contributed by atoms with E-state index in [-0.39, 0.29) is 6.04 Å². The van der Waals surface area contributed by atoms with Crippen LogP contribution in [-0.4, -0.2) is 11.5 Å². The highest BCUT2D eigenvalue weighted by molar-refractivity contribution is 7.99. The van der Waals surface area contributed by atoms with Gasteiger partial charge in [-0.05, 0) is 23.3 Å². The molecule has 0 heterocycles. The van der Waals surface area contributed by atoms with Gasteiger partial charge in [0.1, 0.15) is 0 Å². The van der Waals surface area contributed by atoms with Crippen molar-refractivity contribution < 1.29 is 0 Å². The topological polar surface area (TPSA) is 26.0 Å². The summed E-state index contributed by atoms with van der Waals surface area (Å²) in [6.45, 7) is 4.43. The van der Waals surface area contributed by atoms with Gasteiger partial charge in [-0.3, -0.25) is 0 Å². The van der Waals surface area contributed by atoms with Gasteiger partial charge in [0.05, 0.1) is 0 Å². The molecule has 0 bridgehead atoms. The lowest BCUT2D eigenvalue weighted by Gasteiger charge is -2.13. The number of halogens is 1. The van der Waals surface area contributed by atoms with Crippen LogP contribution in [0.15, 0.2) is 24.3 Å². The average Bonchev–Trinajstić information content (AvgIpc) is 2.17. The zero-order chi connectivity index (χ0) is 11.3. The molecule has 1 nitrogen and oxygen atoms in total. The summed E-state index contributed by atoms with van der Waals surface area (Å²) in [4.78, 5) is 0. The quantitative estimate of drug-likeness (QED) is 0.853. The Hall–Kier alpha value is -0.180. The van der Waals surface area contributed by atoms with Gasteiger partial charge >= 0.3 is 0 Å². The van der Waals surface area contributed by atoms with Gasteiger partial charge in [0.2, 0.25) is 0 Å². The van der Waals surface area contributed by atoms with Gasteiger partial charge in [-0.15, -0.1) is 0 Å². The molecule has 0 aromatic heterocycles. The molecule has 0 saturated heterocycles. The third-order valence-corrected chi connectivity index (χ3v) is 3.89. The molecule has 84 valence electrons. The number of rotatable bonds is 5. The fourth-order valence-electron chi connectivity index (χ4n) is 1.30. The summed E-state index contributed by atoms with van der Waals surface area (Å²) in [5.41, 5.74) is 7.13. The summed E-state index contributed by atoms with van der Waals surface area (Å²) in [5, 5.41) is 0.773. The molecule has 1 aromatic carbocycles. The lowest BCUT2D eigenvalue weighted by atomic mass is 10.1. The van der Waals surface area contributed by atoms with Crippen LogP contribution in [0.5, 0.6) is 0 Å². The largest absolute Gasteiger partial charge is 0.323 e. The summed E-state index contributed by atoms with van der Waals surface area (Å²) < 4.78 is 0. The number of hydrogen-bond donors (Lipinski definition) is 1. The fraction of sp³-hybridized carbons (Fsp3) is 0.500. The Morgan fingerprint density at radius 2 is 1.93 bits per heavy atom. The second-order valence-corrected chi connectivity index (χ2v) is 5.54. The Morgan fingerprint density at radius 1 is 1.27 bits per heavy atom. The first-order valence-corrected chi connectivity index (χ1v) is 6.72. The molecule has 1 unspecified atom stereocenters. The molecule has 3 heteroatoms. The Morgan fingerprint density at radius 3 is 2.53 bits per heavy atom. The summed E-state index contributed by atoms with van der Waals surface area (Å²) >= 11 is 7.96. The van der Waals surface area contributed by atoms with Crippen LogP contribution >= 0.6 is 23.4 Å². The number of nitrogens with two attached hydrogens (primary N) is 1. The van der Waals surface area contributed by atoms with Crippen LogP contribution < -0.4 is 5.73 Å². The maximum Gasteiger partial charge on any atom is 0.0454 e. The van der Waals surface area contributed by atoms with Gasteiger partial charge in [0.15, 0.2) is 0 Å². The van der Waals surface area contributed by atoms with E-state index in [9.17, 15) is 0 Å². The van der Waals surface area contributed by atoms with Crippen LogP contribution in [0.2, 0.25) is 5.02 Å². The molecule has 15 heavy (non-hydrogen) atoms. The average molecular weight is 244 g/mol. The van der Waals surface area contributed by atoms with Crippen molar-refractivity contribution >= 4 is 23.4 Å². The van der Waals surface area contributed by atoms with Crippen molar-refractivity contribution in [3.05, 3.63) is 34.9 Å². The van der Waals surface area contributed by atoms with E-state index in [0.29, 0.717) is 5.92 Å². The SMILES string of the molecule is CC(C)CSCC(N)c1ccccc1Cl. The summed E-state index contributed by atoms with van der Waals surface area (Å²) in [6.07, 6.45) is 0. The van der Waals surface area contributed by atoms with Crippen LogP contribution in [0.3, 0.4) is 0 Å². The van der Waals surface area contributed by atoms with E-state index in [1.807, 2.05) is 36.0 Å². The highest BCUT2D eigenvalue weighted by atomic mass is 35.5. The van der Waals surface area contributed by atoms with E-state index >= 15 is 0 Å². The molecule has 2 N–H and O–H groups in total. The van der Waals surface area contributed by atoms with E-state index in [0.717, 1.165) is 22.1 Å². The van der Waals surface area contributed by atoms with Gasteiger partial charge < -0.3 is 5.73 Å². The van der Waals surface area contributed by atoms with Crippen LogP contribution in [-0.2, 0) is 0 Å². The van der Waals surface area contributed by atoms with E-state index in [2.05, 4.69) is 13.8 Å². The predicted octanol–water partition coefficient (Wildman–Crippen LogP) is 3.73. The zero-order valence-corrected chi connectivity index (χ0v) is 10.8. The van der Waals surface area contributed by atoms with Crippen LogP contribution in [0, 0.1) is 5.92 Å². The molecular weight excluding hydrogens is 226 g/mol. The monoisotopic (exact) mass is 243 g/mol.